The Morgan fingerprint density at radius 2 is 1.71 bits per heavy atom. The van der Waals surface area contributed by atoms with Crippen LogP contribution in [0, 0.1) is 5.82 Å². The number of ether oxygens (including phenoxy) is 2. The number of fused-ring (bicyclic) bond motifs is 1. The summed E-state index contributed by atoms with van der Waals surface area (Å²) in [4.78, 5) is 14.3. The number of amides is 1. The number of halogens is 5. The fraction of sp³-hybridized carbons (Fsp3) is 0.250. The van der Waals surface area contributed by atoms with E-state index in [2.05, 4.69) is 0 Å². The summed E-state index contributed by atoms with van der Waals surface area (Å²) >= 11 is 5.79. The minimum Gasteiger partial charge on any atom is -0.497 e. The molecule has 0 spiro atoms. The van der Waals surface area contributed by atoms with Crippen molar-refractivity contribution in [3.63, 3.8) is 0 Å². The predicted octanol–water partition coefficient (Wildman–Crippen LogP) is 8.02. The van der Waals surface area contributed by atoms with Crippen LogP contribution in [0.4, 0.5) is 22.4 Å². The van der Waals surface area contributed by atoms with Crippen LogP contribution in [0.2, 0.25) is 5.02 Å². The first kappa shape index (κ1) is 27.3. The highest BCUT2D eigenvalue weighted by atomic mass is 35.5. The van der Waals surface area contributed by atoms with Gasteiger partial charge in [0.1, 0.15) is 17.3 Å². The number of methoxy groups -OCH3 is 1. The van der Waals surface area contributed by atoms with Crippen LogP contribution in [-0.2, 0) is 12.7 Å². The van der Waals surface area contributed by atoms with Gasteiger partial charge in [-0.25, -0.2) is 9.18 Å². The van der Waals surface area contributed by atoms with Gasteiger partial charge in [-0.2, -0.15) is 13.2 Å². The second-order valence-corrected chi connectivity index (χ2v) is 8.92. The number of alkyl halides is 3. The van der Waals surface area contributed by atoms with Gasteiger partial charge in [-0.1, -0.05) is 23.7 Å². The van der Waals surface area contributed by atoms with Gasteiger partial charge in [0.15, 0.2) is 0 Å². The second kappa shape index (κ2) is 10.9. The van der Waals surface area contributed by atoms with E-state index in [0.29, 0.717) is 47.1 Å². The molecule has 10 heteroatoms. The molecule has 1 heterocycles. The molecule has 0 aliphatic heterocycles. The second-order valence-electron chi connectivity index (χ2n) is 8.51. The molecule has 0 unspecified atom stereocenters. The molecule has 4 rings (SSSR count). The summed E-state index contributed by atoms with van der Waals surface area (Å²) in [6, 6.07) is 13.5. The number of benzene rings is 3. The van der Waals surface area contributed by atoms with Crippen molar-refractivity contribution in [2.45, 2.75) is 26.6 Å². The van der Waals surface area contributed by atoms with Gasteiger partial charge in [-0.05, 0) is 61.9 Å². The Kier molecular flexibility index (Phi) is 7.87. The highest BCUT2D eigenvalue weighted by molar-refractivity contribution is 6.30. The van der Waals surface area contributed by atoms with Gasteiger partial charge in [0, 0.05) is 41.3 Å². The topological polar surface area (TPSA) is 43.7 Å². The molecule has 0 saturated heterocycles. The molecule has 5 nitrogen and oxygen atoms in total. The van der Waals surface area contributed by atoms with E-state index < -0.39 is 28.7 Å². The lowest BCUT2D eigenvalue weighted by Crippen LogP contribution is -2.33. The highest BCUT2D eigenvalue weighted by Gasteiger charge is 2.32. The van der Waals surface area contributed by atoms with E-state index in [4.69, 9.17) is 21.1 Å². The van der Waals surface area contributed by atoms with E-state index >= 15 is 0 Å². The van der Waals surface area contributed by atoms with E-state index in [9.17, 15) is 22.4 Å². The maximum absolute atomic E-state index is 14.7. The molecule has 4 aromatic rings. The van der Waals surface area contributed by atoms with Crippen molar-refractivity contribution in [1.29, 1.82) is 0 Å². The Morgan fingerprint density at radius 1 is 1.03 bits per heavy atom. The van der Waals surface area contributed by atoms with Crippen molar-refractivity contribution in [2.75, 3.05) is 20.2 Å². The first-order valence-electron chi connectivity index (χ1n) is 11.9. The zero-order chi connectivity index (χ0) is 27.6. The molecular formula is C28H25ClF4N2O3. The fourth-order valence-electron chi connectivity index (χ4n) is 4.28. The van der Waals surface area contributed by atoms with Gasteiger partial charge >= 0.3 is 12.3 Å². The smallest absolute Gasteiger partial charge is 0.416 e. The molecule has 0 N–H and O–H groups in total. The normalized spacial score (nSPS) is 11.6. The summed E-state index contributed by atoms with van der Waals surface area (Å²) < 4.78 is 67.3. The number of carbonyl (C=O) groups excluding carboxylic acids is 1. The van der Waals surface area contributed by atoms with Gasteiger partial charge in [-0.3, -0.25) is 0 Å². The summed E-state index contributed by atoms with van der Waals surface area (Å²) in [5.41, 5.74) is 0.702. The van der Waals surface area contributed by atoms with E-state index in [1.165, 1.54) is 4.90 Å². The Morgan fingerprint density at radius 3 is 2.32 bits per heavy atom. The molecule has 1 amide bonds. The first-order valence-corrected chi connectivity index (χ1v) is 12.2. The largest absolute Gasteiger partial charge is 0.497 e. The zero-order valence-corrected chi connectivity index (χ0v) is 21.7. The average molecular weight is 549 g/mol. The summed E-state index contributed by atoms with van der Waals surface area (Å²) in [5.74, 6) is 0.0318. The summed E-state index contributed by atoms with van der Waals surface area (Å²) in [6.07, 6.45) is -3.54. The quantitative estimate of drug-likeness (QED) is 0.220. The molecule has 200 valence electrons. The number of hydrogen-bond donors (Lipinski definition) is 0. The third-order valence-corrected chi connectivity index (χ3v) is 6.56. The van der Waals surface area contributed by atoms with E-state index in [1.807, 2.05) is 26.0 Å². The SMILES string of the molecule is CCN(CC)C(=O)Oc1ccc2c(ccn2Cc2cc(C(F)(F)F)cc(Cl)c2F)c1-c1ccc(OC)cc1. The average Bonchev–Trinajstić information content (AvgIpc) is 3.29. The fourth-order valence-corrected chi connectivity index (χ4v) is 4.52. The Hall–Kier alpha value is -3.72. The lowest BCUT2D eigenvalue weighted by Gasteiger charge is -2.20. The van der Waals surface area contributed by atoms with Crippen molar-refractivity contribution >= 4 is 28.6 Å². The monoisotopic (exact) mass is 548 g/mol. The van der Waals surface area contributed by atoms with Crippen molar-refractivity contribution in [3.05, 3.63) is 82.8 Å². The van der Waals surface area contributed by atoms with Gasteiger partial charge in [-0.15, -0.1) is 0 Å². The lowest BCUT2D eigenvalue weighted by molar-refractivity contribution is -0.137. The molecular weight excluding hydrogens is 524 g/mol. The first-order chi connectivity index (χ1) is 18.1. The van der Waals surface area contributed by atoms with Crippen LogP contribution in [0.25, 0.3) is 22.0 Å². The molecule has 0 radical (unpaired) electrons. The van der Waals surface area contributed by atoms with Crippen molar-refractivity contribution in [3.8, 4) is 22.6 Å². The van der Waals surface area contributed by atoms with E-state index in [-0.39, 0.29) is 12.1 Å². The van der Waals surface area contributed by atoms with Crippen LogP contribution in [0.5, 0.6) is 11.5 Å². The third kappa shape index (κ3) is 5.43. The van der Waals surface area contributed by atoms with E-state index in [1.54, 1.807) is 48.2 Å². The standard InChI is InChI=1S/C28H25ClF4N2O3/c1-4-34(5-2)27(36)38-24-11-10-23-21(25(24)17-6-8-20(37-3)9-7-17)12-13-35(23)16-18-14-19(28(31,32)33)15-22(29)26(18)30/h6-15H,4-5,16H2,1-3H3. The van der Waals surface area contributed by atoms with E-state index in [0.717, 1.165) is 11.6 Å². The Bertz CT molecular complexity index is 1460. The molecule has 0 aliphatic rings. The highest BCUT2D eigenvalue weighted by Crippen LogP contribution is 2.39. The molecule has 0 atom stereocenters. The molecule has 0 fully saturated rings. The van der Waals surface area contributed by atoms with Gasteiger partial charge in [0.25, 0.3) is 0 Å². The molecule has 0 saturated carbocycles. The Labute approximate surface area is 222 Å². The predicted molar refractivity (Wildman–Crippen MR) is 138 cm³/mol. The summed E-state index contributed by atoms with van der Waals surface area (Å²) in [6.45, 7) is 4.43. The number of hydrogen-bond acceptors (Lipinski definition) is 3. The third-order valence-electron chi connectivity index (χ3n) is 6.28. The number of aromatic nitrogens is 1. The number of nitrogens with zero attached hydrogens (tertiary/aromatic N) is 2. The summed E-state index contributed by atoms with van der Waals surface area (Å²) in [7, 11) is 1.55. The maximum Gasteiger partial charge on any atom is 0.416 e. The van der Waals surface area contributed by atoms with Crippen molar-refractivity contribution in [2.24, 2.45) is 0 Å². The van der Waals surface area contributed by atoms with Crippen LogP contribution in [-0.4, -0.2) is 35.8 Å². The molecule has 0 bridgehead atoms. The molecule has 3 aromatic carbocycles. The van der Waals surface area contributed by atoms with Crippen LogP contribution in [0.15, 0.2) is 60.8 Å². The minimum atomic E-state index is -4.67. The van der Waals surface area contributed by atoms with Crippen molar-refractivity contribution in [1.82, 2.24) is 9.47 Å². The number of carbonyl (C=O) groups is 1. The molecule has 1 aromatic heterocycles. The molecule has 0 aliphatic carbocycles. The molecule has 38 heavy (non-hydrogen) atoms. The van der Waals surface area contributed by atoms with Crippen LogP contribution < -0.4 is 9.47 Å². The van der Waals surface area contributed by atoms with Crippen LogP contribution in [0.1, 0.15) is 25.0 Å². The van der Waals surface area contributed by atoms with Gasteiger partial charge in [0.2, 0.25) is 0 Å². The Balaban J connectivity index is 1.83. The minimum absolute atomic E-state index is 0.195. The zero-order valence-electron chi connectivity index (χ0n) is 20.9. The maximum atomic E-state index is 14.7. The van der Waals surface area contributed by atoms with Gasteiger partial charge in [0.05, 0.1) is 24.2 Å². The lowest BCUT2D eigenvalue weighted by atomic mass is 10.00. The van der Waals surface area contributed by atoms with Gasteiger partial charge < -0.3 is 18.9 Å². The summed E-state index contributed by atoms with van der Waals surface area (Å²) in [5, 5.41) is 0.0642. The van der Waals surface area contributed by atoms with Crippen LogP contribution >= 0.6 is 11.6 Å². The van der Waals surface area contributed by atoms with Crippen molar-refractivity contribution < 1.29 is 31.8 Å². The van der Waals surface area contributed by atoms with Crippen LogP contribution in [0.3, 0.4) is 0 Å². The number of rotatable bonds is 7.